The molecule has 12 heavy (non-hydrogen) atoms. The quantitative estimate of drug-likeness (QED) is 0.590. The van der Waals surface area contributed by atoms with Gasteiger partial charge in [0, 0.05) is 12.0 Å². The van der Waals surface area contributed by atoms with Crippen LogP contribution in [0.3, 0.4) is 0 Å². The Morgan fingerprint density at radius 1 is 1.17 bits per heavy atom. The molecule has 1 N–H and O–H groups in total. The van der Waals surface area contributed by atoms with Crippen molar-refractivity contribution < 1.29 is 5.11 Å². The van der Waals surface area contributed by atoms with Crippen LogP contribution in [-0.2, 0) is 0 Å². The van der Waals surface area contributed by atoms with E-state index in [2.05, 4.69) is 11.9 Å². The standard InChI is InChI=1S/C10H19NO/c1-11-7-3-4-8-9(11)5-2-6-10(8)12/h8-10,12H,2-7H2,1H3/t8-,9-,10-/m1/s1. The number of hydrogen-bond donors (Lipinski definition) is 1. The van der Waals surface area contributed by atoms with E-state index < -0.39 is 0 Å². The summed E-state index contributed by atoms with van der Waals surface area (Å²) in [7, 11) is 2.20. The summed E-state index contributed by atoms with van der Waals surface area (Å²) in [5, 5.41) is 9.80. The van der Waals surface area contributed by atoms with Gasteiger partial charge in [-0.05, 0) is 45.7 Å². The van der Waals surface area contributed by atoms with Gasteiger partial charge in [-0.1, -0.05) is 0 Å². The molecule has 0 spiro atoms. The van der Waals surface area contributed by atoms with E-state index in [9.17, 15) is 5.11 Å². The fourth-order valence-corrected chi connectivity index (χ4v) is 2.89. The zero-order valence-electron chi connectivity index (χ0n) is 7.87. The Morgan fingerprint density at radius 3 is 2.75 bits per heavy atom. The van der Waals surface area contributed by atoms with Gasteiger partial charge in [0.1, 0.15) is 0 Å². The first-order chi connectivity index (χ1) is 5.79. The van der Waals surface area contributed by atoms with Crippen molar-refractivity contribution in [2.24, 2.45) is 5.92 Å². The largest absolute Gasteiger partial charge is 0.393 e. The van der Waals surface area contributed by atoms with Gasteiger partial charge in [0.15, 0.2) is 0 Å². The Bertz CT molecular complexity index is 142. The molecule has 2 rings (SSSR count). The van der Waals surface area contributed by atoms with Crippen molar-refractivity contribution in [3.63, 3.8) is 0 Å². The van der Waals surface area contributed by atoms with Gasteiger partial charge in [-0.25, -0.2) is 0 Å². The molecule has 2 aliphatic rings. The normalized spacial score (nSPS) is 44.0. The molecule has 1 aliphatic carbocycles. The van der Waals surface area contributed by atoms with Gasteiger partial charge in [-0.15, -0.1) is 0 Å². The molecule has 70 valence electrons. The van der Waals surface area contributed by atoms with Crippen LogP contribution in [0.5, 0.6) is 0 Å². The Kier molecular flexibility index (Phi) is 2.37. The number of aliphatic hydroxyl groups is 1. The molecule has 1 heterocycles. The van der Waals surface area contributed by atoms with Gasteiger partial charge in [-0.2, -0.15) is 0 Å². The molecule has 0 aromatic carbocycles. The maximum absolute atomic E-state index is 9.80. The lowest BCUT2D eigenvalue weighted by Crippen LogP contribution is -2.49. The average molecular weight is 169 g/mol. The summed E-state index contributed by atoms with van der Waals surface area (Å²) < 4.78 is 0. The summed E-state index contributed by atoms with van der Waals surface area (Å²) in [5.41, 5.74) is 0. The number of rotatable bonds is 0. The minimum Gasteiger partial charge on any atom is -0.393 e. The van der Waals surface area contributed by atoms with Crippen LogP contribution in [0.15, 0.2) is 0 Å². The third-order valence-electron chi connectivity index (χ3n) is 3.60. The Hall–Kier alpha value is -0.0800. The lowest BCUT2D eigenvalue weighted by Gasteiger charge is -2.44. The van der Waals surface area contributed by atoms with Crippen LogP contribution in [0.1, 0.15) is 32.1 Å². The second-order valence-electron chi connectivity index (χ2n) is 4.35. The maximum Gasteiger partial charge on any atom is 0.0583 e. The van der Waals surface area contributed by atoms with E-state index in [1.54, 1.807) is 0 Å². The predicted octanol–water partition coefficient (Wildman–Crippen LogP) is 1.24. The van der Waals surface area contributed by atoms with Crippen LogP contribution >= 0.6 is 0 Å². The Morgan fingerprint density at radius 2 is 2.00 bits per heavy atom. The predicted molar refractivity (Wildman–Crippen MR) is 49.0 cm³/mol. The van der Waals surface area contributed by atoms with Gasteiger partial charge < -0.3 is 10.0 Å². The van der Waals surface area contributed by atoms with Gasteiger partial charge in [-0.3, -0.25) is 0 Å². The minimum absolute atomic E-state index is 0.00787. The highest BCUT2D eigenvalue weighted by Gasteiger charge is 2.36. The lowest BCUT2D eigenvalue weighted by molar-refractivity contribution is -0.0169. The van der Waals surface area contributed by atoms with Gasteiger partial charge in [0.05, 0.1) is 6.10 Å². The average Bonchev–Trinajstić information content (AvgIpc) is 2.07. The molecule has 2 heteroatoms. The fourth-order valence-electron chi connectivity index (χ4n) is 2.89. The van der Waals surface area contributed by atoms with E-state index in [0.29, 0.717) is 12.0 Å². The molecule has 3 atom stereocenters. The SMILES string of the molecule is CN1CCC[C@H]2[C@H](O)CCC[C@H]21. The minimum atomic E-state index is -0.00787. The first-order valence-corrected chi connectivity index (χ1v) is 5.17. The molecule has 0 bridgehead atoms. The first kappa shape index (κ1) is 8.52. The number of likely N-dealkylation sites (tertiary alicyclic amines) is 1. The van der Waals surface area contributed by atoms with Crippen molar-refractivity contribution in [1.29, 1.82) is 0 Å². The molecular formula is C10H19NO. The van der Waals surface area contributed by atoms with Gasteiger partial charge >= 0.3 is 0 Å². The van der Waals surface area contributed by atoms with Crippen molar-refractivity contribution >= 4 is 0 Å². The highest BCUT2D eigenvalue weighted by molar-refractivity contribution is 4.90. The number of aliphatic hydroxyl groups excluding tert-OH is 1. The molecule has 0 aromatic heterocycles. The zero-order chi connectivity index (χ0) is 8.55. The van der Waals surface area contributed by atoms with Crippen LogP contribution in [0.2, 0.25) is 0 Å². The first-order valence-electron chi connectivity index (χ1n) is 5.17. The number of nitrogens with zero attached hydrogens (tertiary/aromatic N) is 1. The summed E-state index contributed by atoms with van der Waals surface area (Å²) in [6, 6.07) is 0.683. The molecule has 1 saturated carbocycles. The monoisotopic (exact) mass is 169 g/mol. The van der Waals surface area contributed by atoms with Crippen molar-refractivity contribution in [3.8, 4) is 0 Å². The summed E-state index contributed by atoms with van der Waals surface area (Å²) >= 11 is 0. The van der Waals surface area contributed by atoms with Gasteiger partial charge in [0.2, 0.25) is 0 Å². The molecule has 0 amide bonds. The third-order valence-corrected chi connectivity index (χ3v) is 3.60. The van der Waals surface area contributed by atoms with Crippen molar-refractivity contribution in [2.75, 3.05) is 13.6 Å². The molecule has 0 radical (unpaired) electrons. The highest BCUT2D eigenvalue weighted by atomic mass is 16.3. The lowest BCUT2D eigenvalue weighted by atomic mass is 9.76. The highest BCUT2D eigenvalue weighted by Crippen LogP contribution is 2.34. The van der Waals surface area contributed by atoms with Crippen molar-refractivity contribution in [1.82, 2.24) is 4.90 Å². The Balaban J connectivity index is 2.05. The second kappa shape index (κ2) is 3.35. The molecule has 2 fully saturated rings. The third kappa shape index (κ3) is 1.38. The molecule has 0 aromatic rings. The van der Waals surface area contributed by atoms with E-state index in [0.717, 1.165) is 6.42 Å². The van der Waals surface area contributed by atoms with Crippen LogP contribution in [0.4, 0.5) is 0 Å². The van der Waals surface area contributed by atoms with Crippen LogP contribution in [0.25, 0.3) is 0 Å². The molecule has 2 nitrogen and oxygen atoms in total. The van der Waals surface area contributed by atoms with Crippen LogP contribution in [0, 0.1) is 5.92 Å². The smallest absolute Gasteiger partial charge is 0.0583 e. The summed E-state index contributed by atoms with van der Waals surface area (Å²) in [5.74, 6) is 0.581. The molecule has 1 aliphatic heterocycles. The Labute approximate surface area is 74.6 Å². The summed E-state index contributed by atoms with van der Waals surface area (Å²) in [6.07, 6.45) is 6.07. The summed E-state index contributed by atoms with van der Waals surface area (Å²) in [4.78, 5) is 2.44. The van der Waals surface area contributed by atoms with E-state index in [4.69, 9.17) is 0 Å². The second-order valence-corrected chi connectivity index (χ2v) is 4.35. The van der Waals surface area contributed by atoms with E-state index in [1.807, 2.05) is 0 Å². The van der Waals surface area contributed by atoms with Gasteiger partial charge in [0.25, 0.3) is 0 Å². The fraction of sp³-hybridized carbons (Fsp3) is 1.00. The molecular weight excluding hydrogens is 150 g/mol. The van der Waals surface area contributed by atoms with E-state index in [-0.39, 0.29) is 6.10 Å². The maximum atomic E-state index is 9.80. The van der Waals surface area contributed by atoms with Crippen LogP contribution < -0.4 is 0 Å². The van der Waals surface area contributed by atoms with Crippen LogP contribution in [-0.4, -0.2) is 35.7 Å². The summed E-state index contributed by atoms with van der Waals surface area (Å²) in [6.45, 7) is 1.23. The molecule has 0 unspecified atom stereocenters. The van der Waals surface area contributed by atoms with E-state index in [1.165, 1.54) is 32.2 Å². The number of piperidine rings is 1. The van der Waals surface area contributed by atoms with E-state index >= 15 is 0 Å². The topological polar surface area (TPSA) is 23.5 Å². The number of hydrogen-bond acceptors (Lipinski definition) is 2. The van der Waals surface area contributed by atoms with Crippen molar-refractivity contribution in [3.05, 3.63) is 0 Å². The zero-order valence-corrected chi connectivity index (χ0v) is 7.87. The molecule has 1 saturated heterocycles. The number of fused-ring (bicyclic) bond motifs is 1. The van der Waals surface area contributed by atoms with Crippen molar-refractivity contribution in [2.45, 2.75) is 44.2 Å².